The van der Waals surface area contributed by atoms with E-state index in [4.69, 9.17) is 0 Å². The molecule has 0 spiro atoms. The number of nitrogens with one attached hydrogen (secondary N) is 1. The molecule has 0 saturated carbocycles. The Labute approximate surface area is 168 Å². The van der Waals surface area contributed by atoms with Gasteiger partial charge in [-0.05, 0) is 83.4 Å². The average Bonchev–Trinajstić information content (AvgIpc) is 2.86. The lowest BCUT2D eigenvalue weighted by Crippen LogP contribution is -2.48. The van der Waals surface area contributed by atoms with Crippen LogP contribution >= 0.6 is 0 Å². The first-order valence-electron chi connectivity index (χ1n) is 9.82. The van der Waals surface area contributed by atoms with Crippen molar-refractivity contribution in [2.24, 2.45) is 0 Å². The summed E-state index contributed by atoms with van der Waals surface area (Å²) < 4.78 is 2.33. The minimum Gasteiger partial charge on any atom is -0.351 e. The van der Waals surface area contributed by atoms with Crippen molar-refractivity contribution in [2.75, 3.05) is 0 Å². The van der Waals surface area contributed by atoms with Crippen LogP contribution in [0.2, 0.25) is 0 Å². The van der Waals surface area contributed by atoms with E-state index < -0.39 is 5.41 Å². The largest absolute Gasteiger partial charge is 0.351 e. The number of aromatic nitrogens is 2. The molecule has 0 saturated heterocycles. The summed E-state index contributed by atoms with van der Waals surface area (Å²) in [5.74, 6) is 0.0449. The Morgan fingerprint density at radius 3 is 2.43 bits per heavy atom. The number of carbonyl (C=O) groups excluding carboxylic acids is 1. The Morgan fingerprint density at radius 1 is 1.11 bits per heavy atom. The fourth-order valence-electron chi connectivity index (χ4n) is 3.54. The van der Waals surface area contributed by atoms with Crippen molar-refractivity contribution in [1.82, 2.24) is 14.9 Å². The molecule has 0 bridgehead atoms. The van der Waals surface area contributed by atoms with Gasteiger partial charge in [0.05, 0.1) is 5.41 Å². The molecule has 0 fully saturated rings. The van der Waals surface area contributed by atoms with Gasteiger partial charge in [-0.25, -0.2) is 0 Å². The zero-order chi connectivity index (χ0) is 20.7. The van der Waals surface area contributed by atoms with Crippen molar-refractivity contribution in [1.29, 1.82) is 0 Å². The number of hydrogen-bond donors (Lipinski definition) is 1. The Hall–Kier alpha value is -2.62. The Kier molecular flexibility index (Phi) is 5.09. The van der Waals surface area contributed by atoms with Gasteiger partial charge in [-0.2, -0.15) is 0 Å². The third kappa shape index (κ3) is 3.82. The van der Waals surface area contributed by atoms with E-state index in [0.717, 1.165) is 12.1 Å². The SMILES string of the molecule is Cc1c(C)n(Cc2cccnc2)c2ccc(C(C)(C)C(=O)NC(C)(C)C)cc12. The summed E-state index contributed by atoms with van der Waals surface area (Å²) in [7, 11) is 0. The maximum Gasteiger partial charge on any atom is 0.230 e. The van der Waals surface area contributed by atoms with Gasteiger partial charge in [-0.1, -0.05) is 12.1 Å². The van der Waals surface area contributed by atoms with Crippen molar-refractivity contribution in [3.63, 3.8) is 0 Å². The molecular weight excluding hydrogens is 346 g/mol. The smallest absolute Gasteiger partial charge is 0.230 e. The molecule has 4 nitrogen and oxygen atoms in total. The average molecular weight is 378 g/mol. The third-order valence-corrected chi connectivity index (χ3v) is 5.48. The molecule has 3 aromatic rings. The predicted molar refractivity (Wildman–Crippen MR) is 116 cm³/mol. The van der Waals surface area contributed by atoms with Crippen LogP contribution in [0, 0.1) is 13.8 Å². The van der Waals surface area contributed by atoms with Crippen LogP contribution in [0.5, 0.6) is 0 Å². The quantitative estimate of drug-likeness (QED) is 0.703. The number of nitrogens with zero attached hydrogens (tertiary/aromatic N) is 2. The number of pyridine rings is 1. The van der Waals surface area contributed by atoms with E-state index in [9.17, 15) is 4.79 Å². The van der Waals surface area contributed by atoms with Crippen molar-refractivity contribution >= 4 is 16.8 Å². The molecule has 148 valence electrons. The number of rotatable bonds is 4. The number of carbonyl (C=O) groups is 1. The Bertz CT molecular complexity index is 1010. The fourth-order valence-corrected chi connectivity index (χ4v) is 3.54. The molecule has 0 radical (unpaired) electrons. The van der Waals surface area contributed by atoms with Crippen molar-refractivity contribution in [2.45, 2.75) is 66.0 Å². The summed E-state index contributed by atoms with van der Waals surface area (Å²) in [6.07, 6.45) is 3.71. The first kappa shape index (κ1) is 20.1. The van der Waals surface area contributed by atoms with Gasteiger partial charge in [-0.3, -0.25) is 9.78 Å². The minimum atomic E-state index is -0.604. The zero-order valence-corrected chi connectivity index (χ0v) is 18.1. The highest BCUT2D eigenvalue weighted by molar-refractivity contribution is 5.91. The molecule has 4 heteroatoms. The molecule has 28 heavy (non-hydrogen) atoms. The van der Waals surface area contributed by atoms with E-state index in [1.807, 2.05) is 46.9 Å². The van der Waals surface area contributed by atoms with Crippen LogP contribution in [0.25, 0.3) is 10.9 Å². The first-order valence-corrected chi connectivity index (χ1v) is 9.82. The number of fused-ring (bicyclic) bond motifs is 1. The molecule has 1 aromatic carbocycles. The van der Waals surface area contributed by atoms with Gasteiger partial charge in [0.15, 0.2) is 0 Å². The van der Waals surface area contributed by atoms with Crippen LogP contribution < -0.4 is 5.32 Å². The Balaban J connectivity index is 2.03. The van der Waals surface area contributed by atoms with Gasteiger partial charge in [0.1, 0.15) is 0 Å². The molecule has 3 rings (SSSR count). The molecule has 2 aromatic heterocycles. The number of amides is 1. The number of hydrogen-bond acceptors (Lipinski definition) is 2. The molecule has 2 heterocycles. The lowest BCUT2D eigenvalue weighted by Gasteiger charge is -2.30. The maximum atomic E-state index is 12.9. The zero-order valence-electron chi connectivity index (χ0n) is 18.1. The summed E-state index contributed by atoms with van der Waals surface area (Å²) in [5.41, 5.74) is 5.04. The van der Waals surface area contributed by atoms with Crippen LogP contribution in [0.15, 0.2) is 42.7 Å². The van der Waals surface area contributed by atoms with Gasteiger partial charge in [0.25, 0.3) is 0 Å². The van der Waals surface area contributed by atoms with E-state index >= 15 is 0 Å². The van der Waals surface area contributed by atoms with Crippen molar-refractivity contribution in [3.8, 4) is 0 Å². The molecular formula is C24H31N3O. The summed E-state index contributed by atoms with van der Waals surface area (Å²) >= 11 is 0. The molecule has 1 amide bonds. The van der Waals surface area contributed by atoms with E-state index in [0.29, 0.717) is 0 Å². The van der Waals surface area contributed by atoms with E-state index in [1.54, 1.807) is 6.20 Å². The molecule has 0 atom stereocenters. The van der Waals surface area contributed by atoms with Gasteiger partial charge < -0.3 is 9.88 Å². The molecule has 0 aliphatic rings. The highest BCUT2D eigenvalue weighted by atomic mass is 16.2. The van der Waals surface area contributed by atoms with Gasteiger partial charge >= 0.3 is 0 Å². The van der Waals surface area contributed by atoms with Crippen LogP contribution in [0.3, 0.4) is 0 Å². The normalized spacial score (nSPS) is 12.4. The maximum absolute atomic E-state index is 12.9. The second-order valence-electron chi connectivity index (χ2n) is 9.22. The predicted octanol–water partition coefficient (Wildman–Crippen LogP) is 4.89. The molecule has 0 aliphatic heterocycles. The van der Waals surface area contributed by atoms with Crippen LogP contribution in [0.4, 0.5) is 0 Å². The standard InChI is InChI=1S/C24H31N3O/c1-16-17(2)27(15-18-9-8-12-25-14-18)21-11-10-19(13-20(16)21)24(6,7)22(28)26-23(3,4)5/h8-14H,15H2,1-7H3,(H,26,28). The minimum absolute atomic E-state index is 0.0449. The summed E-state index contributed by atoms with van der Waals surface area (Å²) in [4.78, 5) is 17.1. The van der Waals surface area contributed by atoms with Gasteiger partial charge in [0, 0.05) is 41.1 Å². The lowest BCUT2D eigenvalue weighted by molar-refractivity contribution is -0.127. The third-order valence-electron chi connectivity index (χ3n) is 5.48. The highest BCUT2D eigenvalue weighted by Gasteiger charge is 2.32. The number of aryl methyl sites for hydroxylation is 1. The van der Waals surface area contributed by atoms with Crippen molar-refractivity contribution in [3.05, 3.63) is 65.1 Å². The molecule has 0 unspecified atom stereocenters. The number of benzene rings is 1. The monoisotopic (exact) mass is 377 g/mol. The van der Waals surface area contributed by atoms with Crippen molar-refractivity contribution < 1.29 is 4.79 Å². The van der Waals surface area contributed by atoms with Crippen LogP contribution in [-0.4, -0.2) is 21.0 Å². The molecule has 0 aliphatic carbocycles. The van der Waals surface area contributed by atoms with Crippen LogP contribution in [0.1, 0.15) is 57.0 Å². The molecule has 1 N–H and O–H groups in total. The summed E-state index contributed by atoms with van der Waals surface area (Å²) in [5, 5.41) is 4.32. The van der Waals surface area contributed by atoms with E-state index in [2.05, 4.69) is 53.0 Å². The van der Waals surface area contributed by atoms with E-state index in [1.165, 1.54) is 27.7 Å². The Morgan fingerprint density at radius 2 is 1.82 bits per heavy atom. The second-order valence-corrected chi connectivity index (χ2v) is 9.22. The fraction of sp³-hybridized carbons (Fsp3) is 0.417. The van der Waals surface area contributed by atoms with Gasteiger partial charge in [0.2, 0.25) is 5.91 Å². The van der Waals surface area contributed by atoms with Crippen LogP contribution in [-0.2, 0) is 16.8 Å². The second kappa shape index (κ2) is 7.08. The first-order chi connectivity index (χ1) is 13.0. The summed E-state index contributed by atoms with van der Waals surface area (Å²) in [6.45, 7) is 15.1. The van der Waals surface area contributed by atoms with Gasteiger partial charge in [-0.15, -0.1) is 0 Å². The van der Waals surface area contributed by atoms with E-state index in [-0.39, 0.29) is 11.4 Å². The summed E-state index contributed by atoms with van der Waals surface area (Å²) in [6, 6.07) is 10.5. The topological polar surface area (TPSA) is 46.9 Å². The lowest BCUT2D eigenvalue weighted by atomic mass is 9.82. The highest BCUT2D eigenvalue weighted by Crippen LogP contribution is 2.32.